The number of nitrogens with zero attached hydrogens (tertiary/aromatic N) is 2. The molecule has 17 heavy (non-hydrogen) atoms. The van der Waals surface area contributed by atoms with Crippen molar-refractivity contribution in [1.82, 2.24) is 5.06 Å². The van der Waals surface area contributed by atoms with Crippen LogP contribution in [-0.4, -0.2) is 26.3 Å². The lowest BCUT2D eigenvalue weighted by Gasteiger charge is -2.25. The Labute approximate surface area is 101 Å². The lowest BCUT2D eigenvalue weighted by atomic mass is 9.97. The van der Waals surface area contributed by atoms with Crippen molar-refractivity contribution < 1.29 is 9.95 Å². The molecule has 1 aromatic carbocycles. The van der Waals surface area contributed by atoms with Gasteiger partial charge >= 0.3 is 0 Å². The second-order valence-corrected chi connectivity index (χ2v) is 4.81. The van der Waals surface area contributed by atoms with Gasteiger partial charge in [-0.15, -0.1) is 5.06 Å². The van der Waals surface area contributed by atoms with Crippen LogP contribution in [0.15, 0.2) is 30.3 Å². The van der Waals surface area contributed by atoms with E-state index in [1.165, 1.54) is 0 Å². The summed E-state index contributed by atoms with van der Waals surface area (Å²) in [4.78, 5) is 0. The molecule has 1 atom stereocenters. The van der Waals surface area contributed by atoms with Gasteiger partial charge in [-0.05, 0) is 13.8 Å². The summed E-state index contributed by atoms with van der Waals surface area (Å²) in [5.74, 6) is 0. The zero-order valence-electron chi connectivity index (χ0n) is 10.4. The van der Waals surface area contributed by atoms with Gasteiger partial charge in [-0.3, -0.25) is 0 Å². The van der Waals surface area contributed by atoms with Crippen molar-refractivity contribution in [3.8, 4) is 0 Å². The largest absolute Gasteiger partial charge is 0.622 e. The number of rotatable bonds is 2. The summed E-state index contributed by atoms with van der Waals surface area (Å²) >= 11 is 0. The van der Waals surface area contributed by atoms with Crippen molar-refractivity contribution in [2.45, 2.75) is 38.9 Å². The van der Waals surface area contributed by atoms with Crippen molar-refractivity contribution in [2.24, 2.45) is 0 Å². The average Bonchev–Trinajstić information content (AvgIpc) is 2.47. The highest BCUT2D eigenvalue weighted by Crippen LogP contribution is 2.35. The predicted octanol–water partition coefficient (Wildman–Crippen LogP) is 2.53. The molecule has 1 aliphatic heterocycles. The molecule has 0 saturated heterocycles. The van der Waals surface area contributed by atoms with Gasteiger partial charge in [0.1, 0.15) is 5.54 Å². The Morgan fingerprint density at radius 2 is 1.94 bits per heavy atom. The SMILES string of the molecule is CCC1=[N+]([O-])C(c2ccccc2)N(O)C1(C)C. The van der Waals surface area contributed by atoms with Crippen LogP contribution in [0.4, 0.5) is 0 Å². The molecule has 1 N–H and O–H groups in total. The molecule has 92 valence electrons. The monoisotopic (exact) mass is 234 g/mol. The molecule has 1 heterocycles. The van der Waals surface area contributed by atoms with Gasteiger partial charge in [0, 0.05) is 12.0 Å². The second kappa shape index (κ2) is 4.13. The van der Waals surface area contributed by atoms with Crippen LogP contribution in [0.5, 0.6) is 0 Å². The molecule has 0 fully saturated rings. The molecule has 0 saturated carbocycles. The molecule has 1 unspecified atom stereocenters. The molecule has 0 aliphatic carbocycles. The molecule has 1 aliphatic rings. The average molecular weight is 234 g/mol. The van der Waals surface area contributed by atoms with Crippen molar-refractivity contribution in [1.29, 1.82) is 0 Å². The predicted molar refractivity (Wildman–Crippen MR) is 65.8 cm³/mol. The quantitative estimate of drug-likeness (QED) is 0.632. The third kappa shape index (κ3) is 1.73. The van der Waals surface area contributed by atoms with Gasteiger partial charge in [0.25, 0.3) is 6.17 Å². The molecule has 1 aromatic rings. The van der Waals surface area contributed by atoms with Crippen molar-refractivity contribution in [3.63, 3.8) is 0 Å². The van der Waals surface area contributed by atoms with E-state index in [1.54, 1.807) is 0 Å². The maximum absolute atomic E-state index is 12.2. The lowest BCUT2D eigenvalue weighted by Crippen LogP contribution is -2.43. The first kappa shape index (κ1) is 12.1. The van der Waals surface area contributed by atoms with Crippen molar-refractivity contribution in [3.05, 3.63) is 41.1 Å². The van der Waals surface area contributed by atoms with Crippen LogP contribution in [0.2, 0.25) is 0 Å². The zero-order valence-corrected chi connectivity index (χ0v) is 10.4. The Kier molecular flexibility index (Phi) is 2.93. The van der Waals surface area contributed by atoms with E-state index >= 15 is 0 Å². The summed E-state index contributed by atoms with van der Waals surface area (Å²) in [5, 5.41) is 23.6. The molecule has 0 radical (unpaired) electrons. The van der Waals surface area contributed by atoms with Crippen LogP contribution < -0.4 is 0 Å². The zero-order chi connectivity index (χ0) is 12.6. The highest BCUT2D eigenvalue weighted by atomic mass is 16.5. The number of benzene rings is 1. The summed E-state index contributed by atoms with van der Waals surface area (Å²) in [5.41, 5.74) is 0.896. The van der Waals surface area contributed by atoms with Gasteiger partial charge in [-0.25, -0.2) is 0 Å². The van der Waals surface area contributed by atoms with E-state index < -0.39 is 11.7 Å². The van der Waals surface area contributed by atoms with Gasteiger partial charge in [-0.1, -0.05) is 37.3 Å². The van der Waals surface area contributed by atoms with E-state index in [-0.39, 0.29) is 0 Å². The fourth-order valence-corrected chi connectivity index (χ4v) is 2.44. The summed E-state index contributed by atoms with van der Waals surface area (Å²) < 4.78 is 0.926. The van der Waals surface area contributed by atoms with E-state index in [0.29, 0.717) is 12.1 Å². The summed E-state index contributed by atoms with van der Waals surface area (Å²) in [7, 11) is 0. The van der Waals surface area contributed by atoms with E-state index in [0.717, 1.165) is 15.4 Å². The molecular formula is C13H18N2O2. The molecule has 0 amide bonds. The van der Waals surface area contributed by atoms with Crippen LogP contribution in [0.3, 0.4) is 0 Å². The maximum atomic E-state index is 12.2. The van der Waals surface area contributed by atoms with Gasteiger partial charge < -0.3 is 10.4 Å². The van der Waals surface area contributed by atoms with E-state index in [4.69, 9.17) is 0 Å². The first-order valence-electron chi connectivity index (χ1n) is 5.86. The van der Waals surface area contributed by atoms with Crippen LogP contribution in [0.25, 0.3) is 0 Å². The van der Waals surface area contributed by atoms with Crippen LogP contribution in [0.1, 0.15) is 38.9 Å². The maximum Gasteiger partial charge on any atom is 0.267 e. The fraction of sp³-hybridized carbons (Fsp3) is 0.462. The summed E-state index contributed by atoms with van der Waals surface area (Å²) in [6, 6.07) is 9.34. The first-order chi connectivity index (χ1) is 8.00. The summed E-state index contributed by atoms with van der Waals surface area (Å²) in [6.45, 7) is 5.66. The van der Waals surface area contributed by atoms with Gasteiger partial charge in [0.05, 0.1) is 0 Å². The second-order valence-electron chi connectivity index (χ2n) is 4.81. The highest BCUT2D eigenvalue weighted by Gasteiger charge is 2.50. The topological polar surface area (TPSA) is 49.5 Å². The number of hydrogen-bond acceptors (Lipinski definition) is 3. The van der Waals surface area contributed by atoms with Crippen molar-refractivity contribution >= 4 is 5.71 Å². The molecular weight excluding hydrogens is 216 g/mol. The van der Waals surface area contributed by atoms with E-state index in [2.05, 4.69) is 0 Å². The van der Waals surface area contributed by atoms with Crippen LogP contribution in [0, 0.1) is 5.21 Å². The first-order valence-corrected chi connectivity index (χ1v) is 5.86. The number of hydrogen-bond donors (Lipinski definition) is 1. The molecule has 0 spiro atoms. The summed E-state index contributed by atoms with van der Waals surface area (Å²) in [6.07, 6.45) is -0.00202. The molecule has 0 aromatic heterocycles. The Morgan fingerprint density at radius 1 is 1.35 bits per heavy atom. The molecule has 4 heteroatoms. The Hall–Kier alpha value is -1.39. The van der Waals surface area contributed by atoms with E-state index in [9.17, 15) is 10.4 Å². The van der Waals surface area contributed by atoms with Gasteiger partial charge in [0.15, 0.2) is 5.71 Å². The highest BCUT2D eigenvalue weighted by molar-refractivity contribution is 5.89. The Morgan fingerprint density at radius 3 is 2.41 bits per heavy atom. The van der Waals surface area contributed by atoms with Crippen LogP contribution >= 0.6 is 0 Å². The fourth-order valence-electron chi connectivity index (χ4n) is 2.44. The Balaban J connectivity index is 2.48. The lowest BCUT2D eigenvalue weighted by molar-refractivity contribution is -0.545. The smallest absolute Gasteiger partial charge is 0.267 e. The molecule has 0 bridgehead atoms. The number of hydroxylamine groups is 3. The third-order valence-corrected chi connectivity index (χ3v) is 3.43. The minimum absolute atomic E-state index is 0.614. The normalized spacial score (nSPS) is 24.4. The standard InChI is InChI=1S/C13H18N2O2/c1-4-11-13(2,3)15(17)12(14(11)16)10-8-6-5-7-9-10/h5-9,12,17H,4H2,1-3H3. The molecule has 4 nitrogen and oxygen atoms in total. The molecule has 2 rings (SSSR count). The van der Waals surface area contributed by atoms with Gasteiger partial charge in [0.2, 0.25) is 0 Å². The van der Waals surface area contributed by atoms with Crippen LogP contribution in [-0.2, 0) is 0 Å². The van der Waals surface area contributed by atoms with Gasteiger partial charge in [-0.2, -0.15) is 4.74 Å². The Bertz CT molecular complexity index is 440. The van der Waals surface area contributed by atoms with E-state index in [1.807, 2.05) is 51.1 Å². The minimum Gasteiger partial charge on any atom is -0.622 e. The third-order valence-electron chi connectivity index (χ3n) is 3.43. The van der Waals surface area contributed by atoms with Crippen molar-refractivity contribution in [2.75, 3.05) is 0 Å². The minimum atomic E-state index is -0.638.